The van der Waals surface area contributed by atoms with Gasteiger partial charge in [-0.2, -0.15) is 5.10 Å². The molecule has 1 aliphatic heterocycles. The normalized spacial score (nSPS) is 15.5. The predicted octanol–water partition coefficient (Wildman–Crippen LogP) is 3.95. The maximum atomic E-state index is 12.5. The third-order valence-corrected chi connectivity index (χ3v) is 6.81. The summed E-state index contributed by atoms with van der Waals surface area (Å²) < 4.78 is 2.09. The summed E-state index contributed by atoms with van der Waals surface area (Å²) in [6, 6.07) is 4.48. The Morgan fingerprint density at radius 3 is 2.65 bits per heavy atom. The smallest absolute Gasteiger partial charge is 0.180 e. The Bertz CT molecular complexity index is 1240. The topological polar surface area (TPSA) is 76.8 Å². The average Bonchev–Trinajstić information content (AvgIpc) is 3.43. The summed E-state index contributed by atoms with van der Waals surface area (Å²) in [7, 11) is 2.17. The van der Waals surface area contributed by atoms with Gasteiger partial charge < -0.3 is 4.90 Å². The molecule has 0 bridgehead atoms. The van der Waals surface area contributed by atoms with Gasteiger partial charge in [-0.3, -0.25) is 19.4 Å². The number of carbonyl (C=O) groups is 1. The fourth-order valence-corrected chi connectivity index (χ4v) is 4.72. The van der Waals surface area contributed by atoms with Crippen LogP contribution in [0, 0.1) is 6.92 Å². The van der Waals surface area contributed by atoms with Crippen molar-refractivity contribution in [3.8, 4) is 11.3 Å². The van der Waals surface area contributed by atoms with Crippen LogP contribution in [0.2, 0.25) is 0 Å². The van der Waals surface area contributed by atoms with Gasteiger partial charge in [0.15, 0.2) is 5.78 Å². The summed E-state index contributed by atoms with van der Waals surface area (Å²) in [5, 5.41) is 7.48. The molecule has 0 saturated carbocycles. The quantitative estimate of drug-likeness (QED) is 0.445. The molecule has 0 aromatic carbocycles. The molecule has 0 aliphatic carbocycles. The van der Waals surface area contributed by atoms with Crippen LogP contribution in [0.25, 0.3) is 22.0 Å². The molecule has 31 heavy (non-hydrogen) atoms. The van der Waals surface area contributed by atoms with Crippen molar-refractivity contribution in [3.63, 3.8) is 0 Å². The minimum atomic E-state index is 0.0473. The van der Waals surface area contributed by atoms with Gasteiger partial charge in [0.25, 0.3) is 0 Å². The van der Waals surface area contributed by atoms with Gasteiger partial charge in [0.2, 0.25) is 0 Å². The van der Waals surface area contributed by atoms with Gasteiger partial charge in [-0.1, -0.05) is 0 Å². The standard InChI is InChI=1S/C23H24N6OS/c1-15-24-13-23(31-15)22(30)9-19-7-16-8-21(26-11-17(16)10-25-19)18-12-27-29(14-18)20-3-5-28(2)6-4-20/h7-8,10-14,20H,3-6,9H2,1-2H3. The number of pyridine rings is 2. The fourth-order valence-electron chi connectivity index (χ4n) is 4.01. The van der Waals surface area contributed by atoms with Crippen LogP contribution in [0.3, 0.4) is 0 Å². The van der Waals surface area contributed by atoms with Crippen molar-refractivity contribution in [2.24, 2.45) is 0 Å². The highest BCUT2D eigenvalue weighted by Gasteiger charge is 2.19. The number of thiazole rings is 1. The zero-order valence-corrected chi connectivity index (χ0v) is 18.5. The van der Waals surface area contributed by atoms with Crippen molar-refractivity contribution in [1.29, 1.82) is 0 Å². The number of hydrogen-bond donors (Lipinski definition) is 0. The molecular weight excluding hydrogens is 408 g/mol. The van der Waals surface area contributed by atoms with E-state index < -0.39 is 0 Å². The van der Waals surface area contributed by atoms with E-state index in [9.17, 15) is 4.79 Å². The van der Waals surface area contributed by atoms with Gasteiger partial charge in [-0.15, -0.1) is 11.3 Å². The van der Waals surface area contributed by atoms with Crippen LogP contribution < -0.4 is 0 Å². The molecular formula is C23H24N6OS. The number of hydrogen-bond acceptors (Lipinski definition) is 7. The molecule has 0 unspecified atom stereocenters. The van der Waals surface area contributed by atoms with E-state index in [1.807, 2.05) is 25.4 Å². The lowest BCUT2D eigenvalue weighted by molar-refractivity contribution is 0.0995. The SMILES string of the molecule is Cc1ncc(C(=O)Cc2cc3cc(-c4cnn(C5CCN(C)CC5)c4)ncc3cn2)s1. The van der Waals surface area contributed by atoms with Crippen molar-refractivity contribution in [2.45, 2.75) is 32.2 Å². The first-order valence-electron chi connectivity index (χ1n) is 10.5. The number of piperidine rings is 1. The van der Waals surface area contributed by atoms with Crippen molar-refractivity contribution in [1.82, 2.24) is 29.6 Å². The first-order chi connectivity index (χ1) is 15.0. The Morgan fingerprint density at radius 2 is 1.87 bits per heavy atom. The van der Waals surface area contributed by atoms with E-state index in [4.69, 9.17) is 0 Å². The number of aromatic nitrogens is 5. The molecule has 7 nitrogen and oxygen atoms in total. The first-order valence-corrected chi connectivity index (χ1v) is 11.3. The second-order valence-corrected chi connectivity index (χ2v) is 9.41. The molecule has 8 heteroatoms. The highest BCUT2D eigenvalue weighted by molar-refractivity contribution is 7.13. The number of Topliss-reactive ketones (excluding diaryl/α,β-unsaturated/α-hetero) is 1. The third kappa shape index (κ3) is 4.26. The van der Waals surface area contributed by atoms with Crippen molar-refractivity contribution in [2.75, 3.05) is 20.1 Å². The monoisotopic (exact) mass is 432 g/mol. The molecule has 0 amide bonds. The molecule has 0 radical (unpaired) electrons. The Morgan fingerprint density at radius 1 is 1.06 bits per heavy atom. The summed E-state index contributed by atoms with van der Waals surface area (Å²) in [6.07, 6.45) is 11.8. The van der Waals surface area contributed by atoms with Crippen LogP contribution in [-0.4, -0.2) is 55.6 Å². The highest BCUT2D eigenvalue weighted by atomic mass is 32.1. The number of aryl methyl sites for hydroxylation is 1. The van der Waals surface area contributed by atoms with Crippen LogP contribution >= 0.6 is 11.3 Å². The fraction of sp³-hybridized carbons (Fsp3) is 0.348. The van der Waals surface area contributed by atoms with Crippen molar-refractivity contribution < 1.29 is 4.79 Å². The number of ketones is 1. The molecule has 158 valence electrons. The zero-order valence-electron chi connectivity index (χ0n) is 17.7. The van der Waals surface area contributed by atoms with Gasteiger partial charge in [-0.25, -0.2) is 4.98 Å². The van der Waals surface area contributed by atoms with Gasteiger partial charge >= 0.3 is 0 Å². The summed E-state index contributed by atoms with van der Waals surface area (Å²) in [5.41, 5.74) is 2.64. The summed E-state index contributed by atoms with van der Waals surface area (Å²) in [5.74, 6) is 0.0473. The summed E-state index contributed by atoms with van der Waals surface area (Å²) in [6.45, 7) is 4.10. The Hall–Kier alpha value is -2.97. The van der Waals surface area contributed by atoms with Gasteiger partial charge in [0.1, 0.15) is 0 Å². The maximum absolute atomic E-state index is 12.5. The molecule has 1 saturated heterocycles. The average molecular weight is 433 g/mol. The second kappa shape index (κ2) is 8.28. The molecule has 0 atom stereocenters. The number of rotatable bonds is 5. The lowest BCUT2D eigenvalue weighted by Crippen LogP contribution is -2.31. The summed E-state index contributed by atoms with van der Waals surface area (Å²) in [4.78, 5) is 28.8. The van der Waals surface area contributed by atoms with E-state index in [0.29, 0.717) is 10.9 Å². The maximum Gasteiger partial charge on any atom is 0.180 e. The molecule has 1 fully saturated rings. The van der Waals surface area contributed by atoms with Crippen LogP contribution in [0.4, 0.5) is 0 Å². The van der Waals surface area contributed by atoms with Crippen molar-refractivity contribution >= 4 is 27.9 Å². The van der Waals surface area contributed by atoms with E-state index in [1.165, 1.54) is 11.3 Å². The Labute approximate surface area is 184 Å². The Kier molecular flexibility index (Phi) is 5.33. The molecule has 5 rings (SSSR count). The lowest BCUT2D eigenvalue weighted by Gasteiger charge is -2.28. The van der Waals surface area contributed by atoms with Crippen LogP contribution in [0.5, 0.6) is 0 Å². The van der Waals surface area contributed by atoms with E-state index in [1.54, 1.807) is 12.4 Å². The highest BCUT2D eigenvalue weighted by Crippen LogP contribution is 2.26. The van der Waals surface area contributed by atoms with Gasteiger partial charge in [0, 0.05) is 41.4 Å². The van der Waals surface area contributed by atoms with E-state index in [0.717, 1.165) is 58.7 Å². The number of likely N-dealkylation sites (tertiary alicyclic amines) is 1. The minimum absolute atomic E-state index is 0.0473. The van der Waals surface area contributed by atoms with Gasteiger partial charge in [0.05, 0.1) is 34.2 Å². The number of nitrogens with zero attached hydrogens (tertiary/aromatic N) is 6. The van der Waals surface area contributed by atoms with E-state index in [2.05, 4.69) is 48.9 Å². The summed E-state index contributed by atoms with van der Waals surface area (Å²) >= 11 is 1.42. The molecule has 5 heterocycles. The van der Waals surface area contributed by atoms with E-state index in [-0.39, 0.29) is 12.2 Å². The third-order valence-electron chi connectivity index (χ3n) is 5.86. The Balaban J connectivity index is 1.37. The predicted molar refractivity (Wildman–Crippen MR) is 121 cm³/mol. The van der Waals surface area contributed by atoms with Crippen LogP contribution in [0.15, 0.2) is 43.1 Å². The molecule has 1 aliphatic rings. The number of carbonyl (C=O) groups excluding carboxylic acids is 1. The van der Waals surface area contributed by atoms with E-state index >= 15 is 0 Å². The number of fused-ring (bicyclic) bond motifs is 1. The minimum Gasteiger partial charge on any atom is -0.306 e. The largest absolute Gasteiger partial charge is 0.306 e. The lowest BCUT2D eigenvalue weighted by atomic mass is 10.1. The molecule has 0 N–H and O–H groups in total. The van der Waals surface area contributed by atoms with Crippen LogP contribution in [-0.2, 0) is 6.42 Å². The first kappa shape index (κ1) is 20.0. The van der Waals surface area contributed by atoms with Crippen LogP contribution in [0.1, 0.15) is 39.3 Å². The molecule has 4 aromatic rings. The van der Waals surface area contributed by atoms with Crippen molar-refractivity contribution in [3.05, 3.63) is 58.7 Å². The second-order valence-electron chi connectivity index (χ2n) is 8.18. The molecule has 4 aromatic heterocycles. The molecule has 0 spiro atoms. The van der Waals surface area contributed by atoms with Gasteiger partial charge in [-0.05, 0) is 57.4 Å². The zero-order chi connectivity index (χ0) is 21.4.